The van der Waals surface area contributed by atoms with Crippen molar-refractivity contribution >= 4 is 0 Å². The minimum atomic E-state index is 0.358. The lowest BCUT2D eigenvalue weighted by molar-refractivity contribution is 0.390. The summed E-state index contributed by atoms with van der Waals surface area (Å²) in [5, 5.41) is 0. The molecule has 0 aromatic rings. The monoisotopic (exact) mass is 153 g/mol. The molecule has 0 amide bonds. The molecule has 1 radical (unpaired) electrons. The van der Waals surface area contributed by atoms with Crippen LogP contribution in [0.25, 0.3) is 0 Å². The molecule has 0 bridgehead atoms. The average molecular weight is 153 g/mol. The molecule has 0 fully saturated rings. The zero-order valence-corrected chi connectivity index (χ0v) is 8.19. The van der Waals surface area contributed by atoms with E-state index in [2.05, 4.69) is 33.8 Å². The molecular formula is C11H21. The summed E-state index contributed by atoms with van der Waals surface area (Å²) in [6.45, 7) is 10.5. The average Bonchev–Trinajstić information content (AvgIpc) is 1.87. The van der Waals surface area contributed by atoms with Crippen molar-refractivity contribution in [3.05, 3.63) is 19.1 Å². The highest BCUT2D eigenvalue weighted by Gasteiger charge is 2.14. The molecule has 0 spiro atoms. The minimum absolute atomic E-state index is 0.358. The summed E-state index contributed by atoms with van der Waals surface area (Å²) in [7, 11) is 0. The third-order valence-corrected chi connectivity index (χ3v) is 1.99. The van der Waals surface area contributed by atoms with Crippen LogP contribution < -0.4 is 0 Å². The Kier molecular flexibility index (Phi) is 5.27. The summed E-state index contributed by atoms with van der Waals surface area (Å²) >= 11 is 0. The van der Waals surface area contributed by atoms with Crippen molar-refractivity contribution < 1.29 is 0 Å². The molecule has 0 N–H and O–H groups in total. The normalized spacial score (nSPS) is 11.5. The fourth-order valence-corrected chi connectivity index (χ4v) is 1.23. The van der Waals surface area contributed by atoms with Crippen LogP contribution in [0.3, 0.4) is 0 Å². The molecule has 0 aliphatic carbocycles. The van der Waals surface area contributed by atoms with Gasteiger partial charge in [-0.3, -0.25) is 0 Å². The molecule has 0 unspecified atom stereocenters. The molecule has 0 heteroatoms. The van der Waals surface area contributed by atoms with Crippen LogP contribution in [0.15, 0.2) is 12.7 Å². The Labute approximate surface area is 71.7 Å². The van der Waals surface area contributed by atoms with Gasteiger partial charge in [-0.25, -0.2) is 0 Å². The van der Waals surface area contributed by atoms with E-state index in [1.807, 2.05) is 6.08 Å². The predicted molar refractivity (Wildman–Crippen MR) is 52.4 cm³/mol. The summed E-state index contributed by atoms with van der Waals surface area (Å²) < 4.78 is 0. The van der Waals surface area contributed by atoms with Crippen molar-refractivity contribution in [1.29, 1.82) is 0 Å². The molecule has 0 nitrogen and oxygen atoms in total. The van der Waals surface area contributed by atoms with Crippen molar-refractivity contribution in [2.24, 2.45) is 5.41 Å². The maximum absolute atomic E-state index is 3.72. The van der Waals surface area contributed by atoms with Crippen molar-refractivity contribution in [2.75, 3.05) is 0 Å². The van der Waals surface area contributed by atoms with Gasteiger partial charge in [0.2, 0.25) is 0 Å². The second kappa shape index (κ2) is 5.40. The first-order chi connectivity index (χ1) is 5.12. The van der Waals surface area contributed by atoms with Crippen LogP contribution in [0.1, 0.15) is 46.5 Å². The van der Waals surface area contributed by atoms with Crippen LogP contribution in [-0.4, -0.2) is 0 Å². The smallest absolute Gasteiger partial charge is 0.0117 e. The maximum Gasteiger partial charge on any atom is -0.0117 e. The third kappa shape index (κ3) is 6.15. The van der Waals surface area contributed by atoms with Crippen LogP contribution in [0, 0.1) is 11.8 Å². The topological polar surface area (TPSA) is 0 Å². The van der Waals surface area contributed by atoms with Crippen molar-refractivity contribution in [1.82, 2.24) is 0 Å². The quantitative estimate of drug-likeness (QED) is 0.506. The fraction of sp³-hybridized carbons (Fsp3) is 0.727. The van der Waals surface area contributed by atoms with E-state index in [0.29, 0.717) is 5.41 Å². The number of hydrogen-bond acceptors (Lipinski definition) is 0. The Bertz CT molecular complexity index is 101. The van der Waals surface area contributed by atoms with Crippen molar-refractivity contribution in [3.63, 3.8) is 0 Å². The Morgan fingerprint density at radius 3 is 2.36 bits per heavy atom. The molecule has 0 aromatic carbocycles. The Balaban J connectivity index is 3.45. The molecule has 0 saturated carbocycles. The van der Waals surface area contributed by atoms with E-state index in [4.69, 9.17) is 0 Å². The van der Waals surface area contributed by atoms with E-state index >= 15 is 0 Å². The zero-order chi connectivity index (χ0) is 8.74. The molecular weight excluding hydrogens is 132 g/mol. The van der Waals surface area contributed by atoms with E-state index in [1.165, 1.54) is 25.7 Å². The van der Waals surface area contributed by atoms with Crippen molar-refractivity contribution in [3.8, 4) is 0 Å². The van der Waals surface area contributed by atoms with Gasteiger partial charge in [-0.05, 0) is 18.3 Å². The Hall–Kier alpha value is -0.260. The number of rotatable bonds is 6. The maximum atomic E-state index is 3.72. The predicted octanol–water partition coefficient (Wildman–Crippen LogP) is 3.98. The molecule has 0 rings (SSSR count). The van der Waals surface area contributed by atoms with Gasteiger partial charge < -0.3 is 0 Å². The highest BCUT2D eigenvalue weighted by atomic mass is 14.2. The van der Waals surface area contributed by atoms with Gasteiger partial charge in [-0.15, -0.1) is 6.58 Å². The second-order valence-corrected chi connectivity index (χ2v) is 3.85. The zero-order valence-electron chi connectivity index (χ0n) is 8.19. The first-order valence-electron chi connectivity index (χ1n) is 4.59. The van der Waals surface area contributed by atoms with E-state index in [-0.39, 0.29) is 0 Å². The molecule has 0 heterocycles. The van der Waals surface area contributed by atoms with E-state index < -0.39 is 0 Å². The third-order valence-electron chi connectivity index (χ3n) is 1.99. The van der Waals surface area contributed by atoms with Crippen LogP contribution in [-0.2, 0) is 0 Å². The van der Waals surface area contributed by atoms with Gasteiger partial charge in [-0.1, -0.05) is 46.1 Å². The highest BCUT2D eigenvalue weighted by molar-refractivity contribution is 4.97. The van der Waals surface area contributed by atoms with Gasteiger partial charge in [0.25, 0.3) is 0 Å². The number of allylic oxidation sites excluding steroid dienone is 1. The van der Waals surface area contributed by atoms with E-state index in [9.17, 15) is 0 Å². The lowest BCUT2D eigenvalue weighted by Gasteiger charge is -2.21. The first-order valence-corrected chi connectivity index (χ1v) is 4.59. The van der Waals surface area contributed by atoms with Gasteiger partial charge in [0.05, 0.1) is 0 Å². The van der Waals surface area contributed by atoms with Crippen LogP contribution in [0.4, 0.5) is 0 Å². The largest absolute Gasteiger partial charge is 0.103 e. The Morgan fingerprint density at radius 1 is 1.27 bits per heavy atom. The van der Waals surface area contributed by atoms with Gasteiger partial charge >= 0.3 is 0 Å². The molecule has 0 saturated heterocycles. The lowest BCUT2D eigenvalue weighted by Crippen LogP contribution is -2.10. The summed E-state index contributed by atoms with van der Waals surface area (Å²) in [6.07, 6.45) is 9.40. The molecule has 11 heavy (non-hydrogen) atoms. The van der Waals surface area contributed by atoms with E-state index in [1.54, 1.807) is 0 Å². The SMILES string of the molecule is C=C[CH]C(C)(C)CCCCC. The molecule has 65 valence electrons. The summed E-state index contributed by atoms with van der Waals surface area (Å²) in [5.41, 5.74) is 0.358. The van der Waals surface area contributed by atoms with Crippen LogP contribution >= 0.6 is 0 Å². The van der Waals surface area contributed by atoms with Crippen molar-refractivity contribution in [2.45, 2.75) is 46.5 Å². The standard InChI is InChI=1S/C11H21/c1-5-7-8-10-11(3,4)9-6-2/h6,9H,2,5,7-8,10H2,1,3-4H3. The first kappa shape index (κ1) is 10.7. The van der Waals surface area contributed by atoms with Gasteiger partial charge in [0, 0.05) is 0 Å². The van der Waals surface area contributed by atoms with Crippen LogP contribution in [0.5, 0.6) is 0 Å². The van der Waals surface area contributed by atoms with Crippen LogP contribution in [0.2, 0.25) is 0 Å². The van der Waals surface area contributed by atoms with Gasteiger partial charge in [-0.2, -0.15) is 0 Å². The Morgan fingerprint density at radius 2 is 1.91 bits per heavy atom. The number of unbranched alkanes of at least 4 members (excludes halogenated alkanes) is 2. The van der Waals surface area contributed by atoms with Gasteiger partial charge in [0.15, 0.2) is 0 Å². The second-order valence-electron chi connectivity index (χ2n) is 3.85. The highest BCUT2D eigenvalue weighted by Crippen LogP contribution is 2.26. The van der Waals surface area contributed by atoms with E-state index in [0.717, 1.165) is 0 Å². The fourth-order valence-electron chi connectivity index (χ4n) is 1.23. The summed E-state index contributed by atoms with van der Waals surface area (Å²) in [6, 6.07) is 0. The molecule has 0 aliphatic rings. The van der Waals surface area contributed by atoms with Gasteiger partial charge in [0.1, 0.15) is 0 Å². The molecule has 0 aliphatic heterocycles. The molecule has 0 aromatic heterocycles. The number of hydrogen-bond donors (Lipinski definition) is 0. The molecule has 0 atom stereocenters. The minimum Gasteiger partial charge on any atom is -0.103 e. The summed E-state index contributed by atoms with van der Waals surface area (Å²) in [4.78, 5) is 0. The lowest BCUT2D eigenvalue weighted by atomic mass is 9.84. The summed E-state index contributed by atoms with van der Waals surface area (Å²) in [5.74, 6) is 0.